The minimum Gasteiger partial charge on any atom is -0.347 e. The van der Waals surface area contributed by atoms with Gasteiger partial charge >= 0.3 is 0 Å². The summed E-state index contributed by atoms with van der Waals surface area (Å²) in [5.74, 6) is 0.532. The lowest BCUT2D eigenvalue weighted by Gasteiger charge is -2.27. The average Bonchev–Trinajstić information content (AvgIpc) is 2.39. The summed E-state index contributed by atoms with van der Waals surface area (Å²) in [6.45, 7) is 4.89. The van der Waals surface area contributed by atoms with Crippen LogP contribution in [-0.2, 0) is 9.59 Å². The van der Waals surface area contributed by atoms with Gasteiger partial charge in [-0.1, -0.05) is 6.92 Å². The standard InChI is InChI=1S/C14H27N3O2/c1-4-8-17(11-14(19)16(2)3)13(18)9-12-6-5-7-15-10-12/h12,15H,4-11H2,1-3H3. The maximum absolute atomic E-state index is 12.3. The lowest BCUT2D eigenvalue weighted by Crippen LogP contribution is -2.42. The lowest BCUT2D eigenvalue weighted by atomic mass is 9.95. The van der Waals surface area contributed by atoms with E-state index in [0.717, 1.165) is 32.4 Å². The normalized spacial score (nSPS) is 19.0. The van der Waals surface area contributed by atoms with E-state index >= 15 is 0 Å². The highest BCUT2D eigenvalue weighted by molar-refractivity contribution is 5.84. The average molecular weight is 269 g/mol. The fourth-order valence-electron chi connectivity index (χ4n) is 2.34. The molecule has 1 fully saturated rings. The minimum atomic E-state index is -0.0106. The van der Waals surface area contributed by atoms with E-state index in [2.05, 4.69) is 5.32 Å². The van der Waals surface area contributed by atoms with E-state index in [9.17, 15) is 9.59 Å². The topological polar surface area (TPSA) is 52.7 Å². The highest BCUT2D eigenvalue weighted by Crippen LogP contribution is 2.15. The van der Waals surface area contributed by atoms with Gasteiger partial charge in [0.1, 0.15) is 0 Å². The zero-order valence-electron chi connectivity index (χ0n) is 12.4. The molecule has 0 aromatic carbocycles. The van der Waals surface area contributed by atoms with E-state index < -0.39 is 0 Å². The van der Waals surface area contributed by atoms with Crippen molar-refractivity contribution < 1.29 is 9.59 Å². The molecule has 0 saturated carbocycles. The Morgan fingerprint density at radius 2 is 2.00 bits per heavy atom. The molecule has 0 aromatic heterocycles. The smallest absolute Gasteiger partial charge is 0.241 e. The van der Waals surface area contributed by atoms with Crippen LogP contribution in [0, 0.1) is 5.92 Å². The van der Waals surface area contributed by atoms with E-state index in [4.69, 9.17) is 0 Å². The van der Waals surface area contributed by atoms with Crippen LogP contribution in [0.3, 0.4) is 0 Å². The van der Waals surface area contributed by atoms with Gasteiger partial charge in [-0.2, -0.15) is 0 Å². The Kier molecular flexibility index (Phi) is 6.84. The zero-order chi connectivity index (χ0) is 14.3. The largest absolute Gasteiger partial charge is 0.347 e. The quantitative estimate of drug-likeness (QED) is 0.772. The summed E-state index contributed by atoms with van der Waals surface area (Å²) in [5.41, 5.74) is 0. The second-order valence-electron chi connectivity index (χ2n) is 5.52. The molecule has 5 heteroatoms. The molecular weight excluding hydrogens is 242 g/mol. The Hall–Kier alpha value is -1.10. The van der Waals surface area contributed by atoms with E-state index in [1.807, 2.05) is 6.92 Å². The highest BCUT2D eigenvalue weighted by atomic mass is 16.2. The van der Waals surface area contributed by atoms with Gasteiger partial charge < -0.3 is 15.1 Å². The van der Waals surface area contributed by atoms with Gasteiger partial charge in [-0.25, -0.2) is 0 Å². The summed E-state index contributed by atoms with van der Waals surface area (Å²) in [6.07, 6.45) is 3.70. The molecule has 0 bridgehead atoms. The van der Waals surface area contributed by atoms with Crippen LogP contribution in [0.1, 0.15) is 32.6 Å². The number of hydrogen-bond acceptors (Lipinski definition) is 3. The molecule has 1 aliphatic rings. The van der Waals surface area contributed by atoms with Crippen molar-refractivity contribution in [2.45, 2.75) is 32.6 Å². The molecule has 110 valence electrons. The Morgan fingerprint density at radius 1 is 1.26 bits per heavy atom. The highest BCUT2D eigenvalue weighted by Gasteiger charge is 2.22. The molecular formula is C14H27N3O2. The first-order valence-electron chi connectivity index (χ1n) is 7.23. The maximum Gasteiger partial charge on any atom is 0.241 e. The van der Waals surface area contributed by atoms with Crippen LogP contribution in [0.4, 0.5) is 0 Å². The number of nitrogens with zero attached hydrogens (tertiary/aromatic N) is 2. The molecule has 1 heterocycles. The molecule has 1 atom stereocenters. The zero-order valence-corrected chi connectivity index (χ0v) is 12.4. The molecule has 0 radical (unpaired) electrons. The van der Waals surface area contributed by atoms with Crippen LogP contribution in [0.25, 0.3) is 0 Å². The van der Waals surface area contributed by atoms with Gasteiger partial charge in [-0.05, 0) is 38.3 Å². The van der Waals surface area contributed by atoms with Gasteiger partial charge in [0.05, 0.1) is 6.54 Å². The lowest BCUT2D eigenvalue weighted by molar-refractivity contribution is -0.139. The first kappa shape index (κ1) is 16.0. The number of amides is 2. The SMILES string of the molecule is CCCN(CC(=O)N(C)C)C(=O)CC1CCCNC1. The molecule has 0 aromatic rings. The van der Waals surface area contributed by atoms with Crippen molar-refractivity contribution in [3.63, 3.8) is 0 Å². The van der Waals surface area contributed by atoms with E-state index in [0.29, 0.717) is 18.9 Å². The van der Waals surface area contributed by atoms with Crippen molar-refractivity contribution in [2.75, 3.05) is 40.3 Å². The fourth-order valence-corrected chi connectivity index (χ4v) is 2.34. The number of hydrogen-bond donors (Lipinski definition) is 1. The van der Waals surface area contributed by atoms with Gasteiger partial charge in [0.25, 0.3) is 0 Å². The number of likely N-dealkylation sites (N-methyl/N-ethyl adjacent to an activating group) is 1. The van der Waals surface area contributed by atoms with Crippen LogP contribution < -0.4 is 5.32 Å². The molecule has 0 aliphatic carbocycles. The molecule has 1 unspecified atom stereocenters. The minimum absolute atomic E-state index is 0.0106. The van der Waals surface area contributed by atoms with Crippen molar-refractivity contribution in [1.82, 2.24) is 15.1 Å². The number of piperidine rings is 1. The Bertz CT molecular complexity index is 299. The Morgan fingerprint density at radius 3 is 2.53 bits per heavy atom. The van der Waals surface area contributed by atoms with Crippen molar-refractivity contribution in [3.05, 3.63) is 0 Å². The number of carbonyl (C=O) groups excluding carboxylic acids is 2. The van der Waals surface area contributed by atoms with Crippen LogP contribution >= 0.6 is 0 Å². The summed E-state index contributed by atoms with van der Waals surface area (Å²) in [7, 11) is 3.45. The molecule has 1 rings (SSSR count). The van der Waals surface area contributed by atoms with Gasteiger partial charge in [0, 0.05) is 27.1 Å². The van der Waals surface area contributed by atoms with Gasteiger partial charge in [-0.15, -0.1) is 0 Å². The fraction of sp³-hybridized carbons (Fsp3) is 0.857. The summed E-state index contributed by atoms with van der Waals surface area (Å²) >= 11 is 0. The summed E-state index contributed by atoms with van der Waals surface area (Å²) in [4.78, 5) is 27.3. The third kappa shape index (κ3) is 5.59. The van der Waals surface area contributed by atoms with Crippen molar-refractivity contribution in [1.29, 1.82) is 0 Å². The van der Waals surface area contributed by atoms with E-state index in [1.165, 1.54) is 4.90 Å². The Labute approximate surface area is 116 Å². The second-order valence-corrected chi connectivity index (χ2v) is 5.52. The number of carbonyl (C=O) groups is 2. The second kappa shape index (κ2) is 8.15. The molecule has 0 spiro atoms. The summed E-state index contributed by atoms with van der Waals surface area (Å²) in [6, 6.07) is 0. The molecule has 2 amide bonds. The monoisotopic (exact) mass is 269 g/mol. The molecule has 5 nitrogen and oxygen atoms in total. The van der Waals surface area contributed by atoms with Crippen LogP contribution in [-0.4, -0.2) is 61.9 Å². The maximum atomic E-state index is 12.3. The molecule has 19 heavy (non-hydrogen) atoms. The predicted molar refractivity (Wildman–Crippen MR) is 75.8 cm³/mol. The van der Waals surface area contributed by atoms with Crippen LogP contribution in [0.2, 0.25) is 0 Å². The summed E-state index contributed by atoms with van der Waals surface area (Å²) in [5, 5.41) is 3.32. The molecule has 1 saturated heterocycles. The van der Waals surface area contributed by atoms with E-state index in [-0.39, 0.29) is 18.4 Å². The van der Waals surface area contributed by atoms with E-state index in [1.54, 1.807) is 19.0 Å². The first-order chi connectivity index (χ1) is 9.04. The first-order valence-corrected chi connectivity index (χ1v) is 7.23. The van der Waals surface area contributed by atoms with Crippen molar-refractivity contribution >= 4 is 11.8 Å². The number of rotatable bonds is 6. The molecule has 1 N–H and O–H groups in total. The summed E-state index contributed by atoms with van der Waals surface area (Å²) < 4.78 is 0. The third-order valence-corrected chi connectivity index (χ3v) is 3.53. The van der Waals surface area contributed by atoms with Crippen molar-refractivity contribution in [2.24, 2.45) is 5.92 Å². The van der Waals surface area contributed by atoms with Gasteiger partial charge in [0.15, 0.2) is 0 Å². The Balaban J connectivity index is 2.49. The predicted octanol–water partition coefficient (Wildman–Crippen LogP) is 0.703. The molecule has 1 aliphatic heterocycles. The van der Waals surface area contributed by atoms with Gasteiger partial charge in [-0.3, -0.25) is 9.59 Å². The van der Waals surface area contributed by atoms with Crippen LogP contribution in [0.15, 0.2) is 0 Å². The number of nitrogens with one attached hydrogen (secondary N) is 1. The van der Waals surface area contributed by atoms with Gasteiger partial charge in [0.2, 0.25) is 11.8 Å². The van der Waals surface area contributed by atoms with Crippen molar-refractivity contribution in [3.8, 4) is 0 Å². The van der Waals surface area contributed by atoms with Crippen LogP contribution in [0.5, 0.6) is 0 Å². The third-order valence-electron chi connectivity index (χ3n) is 3.53.